The normalized spacial score (nSPS) is 30.2. The average molecular weight is 390 g/mol. The lowest BCUT2D eigenvalue weighted by molar-refractivity contribution is -0.143. The van der Waals surface area contributed by atoms with Crippen LogP contribution in [0.4, 0.5) is 0 Å². The lowest BCUT2D eigenvalue weighted by atomic mass is 9.81. The number of sulfone groups is 1. The van der Waals surface area contributed by atoms with Gasteiger partial charge in [0, 0.05) is 25.6 Å². The highest BCUT2D eigenvalue weighted by atomic mass is 32.2. The maximum atomic E-state index is 12.5. The Bertz CT molecular complexity index is 656. The summed E-state index contributed by atoms with van der Waals surface area (Å²) in [6, 6.07) is -0.312. The number of carbonyl (C=O) groups excluding carboxylic acids is 1. The van der Waals surface area contributed by atoms with E-state index >= 15 is 0 Å². The molecule has 1 amide bonds. The van der Waals surface area contributed by atoms with Crippen LogP contribution in [0.15, 0.2) is 5.16 Å². The van der Waals surface area contributed by atoms with E-state index in [9.17, 15) is 13.2 Å². The molecule has 0 radical (unpaired) electrons. The molecular formula is C17H31N3O5S. The average Bonchev–Trinajstić information content (AvgIpc) is 3.16. The van der Waals surface area contributed by atoms with E-state index in [4.69, 9.17) is 15.3 Å². The summed E-state index contributed by atoms with van der Waals surface area (Å²) in [5.41, 5.74) is 6.02. The van der Waals surface area contributed by atoms with Crippen LogP contribution in [0.2, 0.25) is 0 Å². The molecule has 0 spiro atoms. The lowest BCUT2D eigenvalue weighted by Crippen LogP contribution is -2.43. The first-order chi connectivity index (χ1) is 11.9. The van der Waals surface area contributed by atoms with Gasteiger partial charge in [-0.3, -0.25) is 4.79 Å². The molecule has 2 saturated heterocycles. The van der Waals surface area contributed by atoms with Crippen LogP contribution in [-0.4, -0.2) is 68.5 Å². The number of ether oxygens (including phenoxy) is 1. The number of hydrogen-bond donors (Lipinski definition) is 1. The van der Waals surface area contributed by atoms with Crippen molar-refractivity contribution in [3.8, 4) is 0 Å². The molecule has 4 atom stereocenters. The summed E-state index contributed by atoms with van der Waals surface area (Å²) in [5, 5.41) is 3.98. The van der Waals surface area contributed by atoms with E-state index < -0.39 is 15.9 Å². The van der Waals surface area contributed by atoms with E-state index in [-0.39, 0.29) is 40.9 Å². The van der Waals surface area contributed by atoms with Gasteiger partial charge in [0.25, 0.3) is 5.91 Å². The molecule has 2 aliphatic rings. The standard InChI is InChI=1S/C17H31N3O5S/c1-11(16(21)20(5)12-7-9-26(22,23)10-12)25-19-15(18)13-6-8-24-14(13)17(2,3)4/h11-14H,6-10H2,1-5H3,(H2,18,19)/t11-,12-,13+,14+/m1/s1. The van der Waals surface area contributed by atoms with Gasteiger partial charge in [0.05, 0.1) is 17.6 Å². The Morgan fingerprint density at radius 2 is 2.00 bits per heavy atom. The minimum atomic E-state index is -3.05. The summed E-state index contributed by atoms with van der Waals surface area (Å²) in [4.78, 5) is 19.3. The molecule has 2 fully saturated rings. The number of nitrogens with two attached hydrogens (primary N) is 1. The van der Waals surface area contributed by atoms with Crippen molar-refractivity contribution in [3.05, 3.63) is 0 Å². The van der Waals surface area contributed by atoms with Gasteiger partial charge in [0.15, 0.2) is 9.84 Å². The molecule has 0 bridgehead atoms. The van der Waals surface area contributed by atoms with Crippen LogP contribution < -0.4 is 5.73 Å². The SMILES string of the molecule is C[C@@H](O/N=C(/N)[C@H]1CCO[C@@H]1C(C)(C)C)C(=O)N(C)[C@@H]1CCS(=O)(=O)C1. The fourth-order valence-electron chi connectivity index (χ4n) is 3.55. The molecule has 2 aliphatic heterocycles. The Morgan fingerprint density at radius 1 is 1.35 bits per heavy atom. The van der Waals surface area contributed by atoms with E-state index in [1.54, 1.807) is 14.0 Å². The molecule has 2 N–H and O–H groups in total. The van der Waals surface area contributed by atoms with Crippen molar-refractivity contribution in [2.75, 3.05) is 25.2 Å². The van der Waals surface area contributed by atoms with Crippen LogP contribution in [0.5, 0.6) is 0 Å². The Hall–Kier alpha value is -1.35. The topological polar surface area (TPSA) is 111 Å². The van der Waals surface area contributed by atoms with Gasteiger partial charge < -0.3 is 20.2 Å². The van der Waals surface area contributed by atoms with Gasteiger partial charge in [-0.05, 0) is 25.2 Å². The molecule has 2 rings (SSSR count). The number of hydrogen-bond acceptors (Lipinski definition) is 6. The van der Waals surface area contributed by atoms with Crippen LogP contribution in [-0.2, 0) is 24.2 Å². The molecule has 8 nitrogen and oxygen atoms in total. The lowest BCUT2D eigenvalue weighted by Gasteiger charge is -2.30. The molecule has 0 aliphatic carbocycles. The third-order valence-corrected chi connectivity index (χ3v) is 6.84. The molecule has 0 aromatic carbocycles. The fraction of sp³-hybridized carbons (Fsp3) is 0.882. The highest BCUT2D eigenvalue weighted by Gasteiger charge is 2.40. The van der Waals surface area contributed by atoms with E-state index in [1.165, 1.54) is 4.90 Å². The number of carbonyl (C=O) groups is 1. The zero-order valence-electron chi connectivity index (χ0n) is 16.3. The highest BCUT2D eigenvalue weighted by Crippen LogP contribution is 2.34. The van der Waals surface area contributed by atoms with Gasteiger partial charge in [-0.15, -0.1) is 0 Å². The molecule has 0 unspecified atom stereocenters. The highest BCUT2D eigenvalue weighted by molar-refractivity contribution is 7.91. The van der Waals surface area contributed by atoms with Gasteiger partial charge in [0.1, 0.15) is 5.84 Å². The summed E-state index contributed by atoms with van der Waals surface area (Å²) in [6.45, 7) is 8.46. The van der Waals surface area contributed by atoms with E-state index in [2.05, 4.69) is 25.9 Å². The third kappa shape index (κ3) is 4.88. The van der Waals surface area contributed by atoms with E-state index in [1.807, 2.05) is 0 Å². The predicted molar refractivity (Wildman–Crippen MR) is 99.3 cm³/mol. The Balaban J connectivity index is 1.95. The molecule has 26 heavy (non-hydrogen) atoms. The second-order valence-electron chi connectivity index (χ2n) is 8.32. The van der Waals surface area contributed by atoms with Gasteiger partial charge in [-0.2, -0.15) is 0 Å². The Kier molecular flexibility index (Phi) is 6.22. The summed E-state index contributed by atoms with van der Waals surface area (Å²) >= 11 is 0. The number of amidine groups is 1. The summed E-state index contributed by atoms with van der Waals surface area (Å²) in [5.74, 6) is 0.0906. The minimum absolute atomic E-state index is 0.0000420. The Morgan fingerprint density at radius 3 is 2.54 bits per heavy atom. The summed E-state index contributed by atoms with van der Waals surface area (Å²) in [6.07, 6.45) is 0.336. The molecule has 0 aromatic heterocycles. The zero-order chi connectivity index (χ0) is 19.7. The number of likely N-dealkylation sites (N-methyl/N-ethyl adjacent to an activating group) is 1. The van der Waals surface area contributed by atoms with Crippen LogP contribution in [0.25, 0.3) is 0 Å². The van der Waals surface area contributed by atoms with Crippen molar-refractivity contribution >= 4 is 21.6 Å². The van der Waals surface area contributed by atoms with Crippen molar-refractivity contribution in [2.45, 2.75) is 58.8 Å². The van der Waals surface area contributed by atoms with Gasteiger partial charge in [-0.25, -0.2) is 8.42 Å². The van der Waals surface area contributed by atoms with Crippen LogP contribution in [0.3, 0.4) is 0 Å². The van der Waals surface area contributed by atoms with Gasteiger partial charge >= 0.3 is 0 Å². The van der Waals surface area contributed by atoms with Crippen molar-refractivity contribution in [1.29, 1.82) is 0 Å². The van der Waals surface area contributed by atoms with Crippen LogP contribution in [0, 0.1) is 11.3 Å². The number of rotatable bonds is 5. The summed E-state index contributed by atoms with van der Waals surface area (Å²) < 4.78 is 29.0. The smallest absolute Gasteiger partial charge is 0.266 e. The third-order valence-electron chi connectivity index (χ3n) is 5.09. The molecule has 9 heteroatoms. The van der Waals surface area contributed by atoms with E-state index in [0.29, 0.717) is 18.9 Å². The molecule has 2 heterocycles. The van der Waals surface area contributed by atoms with Crippen molar-refractivity contribution < 1.29 is 22.8 Å². The first-order valence-corrected chi connectivity index (χ1v) is 10.8. The summed E-state index contributed by atoms with van der Waals surface area (Å²) in [7, 11) is -1.45. The second kappa shape index (κ2) is 7.72. The molecule has 0 saturated carbocycles. The quantitative estimate of drug-likeness (QED) is 0.422. The number of amides is 1. The van der Waals surface area contributed by atoms with Crippen molar-refractivity contribution in [3.63, 3.8) is 0 Å². The molecular weight excluding hydrogens is 358 g/mol. The second-order valence-corrected chi connectivity index (χ2v) is 10.6. The number of nitrogens with zero attached hydrogens (tertiary/aromatic N) is 2. The maximum absolute atomic E-state index is 12.5. The van der Waals surface area contributed by atoms with Crippen LogP contribution >= 0.6 is 0 Å². The minimum Gasteiger partial charge on any atom is -0.384 e. The molecule has 150 valence electrons. The van der Waals surface area contributed by atoms with Crippen LogP contribution in [0.1, 0.15) is 40.5 Å². The largest absolute Gasteiger partial charge is 0.384 e. The molecule has 0 aromatic rings. The predicted octanol–water partition coefficient (Wildman–Crippen LogP) is 0.760. The van der Waals surface area contributed by atoms with E-state index in [0.717, 1.165) is 6.42 Å². The van der Waals surface area contributed by atoms with Crippen molar-refractivity contribution in [1.82, 2.24) is 4.90 Å². The monoisotopic (exact) mass is 389 g/mol. The zero-order valence-corrected chi connectivity index (χ0v) is 17.1. The Labute approximate surface area is 156 Å². The van der Waals surface area contributed by atoms with Gasteiger partial charge in [0.2, 0.25) is 6.10 Å². The maximum Gasteiger partial charge on any atom is 0.266 e. The fourth-order valence-corrected chi connectivity index (χ4v) is 5.32. The van der Waals surface area contributed by atoms with Crippen molar-refractivity contribution in [2.24, 2.45) is 22.2 Å². The first kappa shape index (κ1) is 21.0. The van der Waals surface area contributed by atoms with Gasteiger partial charge in [-0.1, -0.05) is 25.9 Å². The number of oxime groups is 1. The first-order valence-electron chi connectivity index (χ1n) is 9.00.